The molecule has 44 heavy (non-hydrogen) atoms. The average molecular weight is 593 g/mol. The molecule has 0 aliphatic rings. The predicted molar refractivity (Wildman–Crippen MR) is 163 cm³/mol. The normalized spacial score (nSPS) is 10.6. The molecule has 0 spiro atoms. The number of ether oxygens (including phenoxy) is 5. The van der Waals surface area contributed by atoms with Gasteiger partial charge < -0.3 is 23.7 Å². The molecule has 0 fully saturated rings. The fourth-order valence-electron chi connectivity index (χ4n) is 3.62. The van der Waals surface area contributed by atoms with E-state index in [4.69, 9.17) is 23.7 Å². The summed E-state index contributed by atoms with van der Waals surface area (Å²) in [5.41, 5.74) is 1.58. The summed E-state index contributed by atoms with van der Waals surface area (Å²) in [5, 5.41) is 1.81. The standard InChI is InChI=1S/C35H28O9/c1-22(2)33(37)41-21-40-31-13-10-26-19-24(5-7-27(26)20-31)6-18-32(36)42-28-14-16-30(17-15-28)44-35(39)25-8-11-29(12-9-25)43-34(38)23(3)4/h5-20H,1,3,21H2,2,4H3/b18-6+. The molecule has 0 atom stereocenters. The average Bonchev–Trinajstić information content (AvgIpc) is 3.01. The van der Waals surface area contributed by atoms with Crippen molar-refractivity contribution in [1.29, 1.82) is 0 Å². The van der Waals surface area contributed by atoms with Crippen molar-refractivity contribution in [2.24, 2.45) is 0 Å². The van der Waals surface area contributed by atoms with E-state index in [2.05, 4.69) is 13.2 Å². The van der Waals surface area contributed by atoms with E-state index in [1.807, 2.05) is 30.3 Å². The lowest BCUT2D eigenvalue weighted by molar-refractivity contribution is -0.145. The highest BCUT2D eigenvalue weighted by molar-refractivity contribution is 5.93. The number of hydrogen-bond donors (Lipinski definition) is 0. The van der Waals surface area contributed by atoms with E-state index in [0.717, 1.165) is 16.3 Å². The first kappa shape index (κ1) is 31.0. The van der Waals surface area contributed by atoms with Crippen LogP contribution in [0.5, 0.6) is 23.0 Å². The molecule has 0 radical (unpaired) electrons. The zero-order valence-corrected chi connectivity index (χ0v) is 24.0. The SMILES string of the molecule is C=C(C)C(=O)OCOc1ccc2cc(/C=C/C(=O)Oc3ccc(OC(=O)c4ccc(OC(=O)C(=C)C)cc4)cc3)ccc2c1. The second-order valence-electron chi connectivity index (χ2n) is 9.55. The summed E-state index contributed by atoms with van der Waals surface area (Å²) in [6.07, 6.45) is 2.93. The van der Waals surface area contributed by atoms with Gasteiger partial charge in [0.25, 0.3) is 0 Å². The molecule has 0 aliphatic heterocycles. The minimum atomic E-state index is -0.612. The van der Waals surface area contributed by atoms with Gasteiger partial charge in [0, 0.05) is 17.2 Å². The van der Waals surface area contributed by atoms with E-state index in [-0.39, 0.29) is 35.2 Å². The maximum Gasteiger partial charge on any atom is 0.343 e. The minimum absolute atomic E-state index is 0.222. The summed E-state index contributed by atoms with van der Waals surface area (Å²) in [4.78, 5) is 47.9. The topological polar surface area (TPSA) is 114 Å². The maximum absolute atomic E-state index is 12.5. The van der Waals surface area contributed by atoms with Crippen LogP contribution in [0.4, 0.5) is 0 Å². The summed E-state index contributed by atoms with van der Waals surface area (Å²) in [6, 6.07) is 22.9. The smallest absolute Gasteiger partial charge is 0.343 e. The summed E-state index contributed by atoms with van der Waals surface area (Å²) >= 11 is 0. The molecular formula is C35H28O9. The van der Waals surface area contributed by atoms with Crippen LogP contribution in [0.1, 0.15) is 29.8 Å². The predicted octanol–water partition coefficient (Wildman–Crippen LogP) is 6.61. The molecule has 4 rings (SSSR count). The largest absolute Gasteiger partial charge is 0.457 e. The van der Waals surface area contributed by atoms with Gasteiger partial charge in [0.2, 0.25) is 6.79 Å². The molecule has 0 saturated heterocycles. The van der Waals surface area contributed by atoms with Crippen molar-refractivity contribution in [3.8, 4) is 23.0 Å². The van der Waals surface area contributed by atoms with Gasteiger partial charge in [0.1, 0.15) is 23.0 Å². The molecule has 0 aliphatic carbocycles. The third-order valence-corrected chi connectivity index (χ3v) is 5.91. The Hall–Kier alpha value is -5.96. The Bertz CT molecular complexity index is 1760. The number of hydrogen-bond acceptors (Lipinski definition) is 9. The highest BCUT2D eigenvalue weighted by Crippen LogP contribution is 2.24. The lowest BCUT2D eigenvalue weighted by Crippen LogP contribution is -2.10. The Balaban J connectivity index is 1.28. The van der Waals surface area contributed by atoms with Gasteiger partial charge in [-0.05, 0) is 103 Å². The number of benzene rings is 4. The van der Waals surface area contributed by atoms with E-state index in [1.165, 1.54) is 61.5 Å². The van der Waals surface area contributed by atoms with Crippen molar-refractivity contribution < 1.29 is 42.9 Å². The van der Waals surface area contributed by atoms with Gasteiger partial charge in [-0.2, -0.15) is 0 Å². The first-order valence-electron chi connectivity index (χ1n) is 13.3. The molecule has 0 aromatic heterocycles. The Kier molecular flexibility index (Phi) is 10.1. The first-order chi connectivity index (χ1) is 21.1. The number of rotatable bonds is 11. The molecule has 4 aromatic carbocycles. The fourth-order valence-corrected chi connectivity index (χ4v) is 3.62. The van der Waals surface area contributed by atoms with Crippen molar-refractivity contribution in [2.75, 3.05) is 6.79 Å². The Labute approximate surface area is 253 Å². The van der Waals surface area contributed by atoms with Gasteiger partial charge in [0.05, 0.1) is 5.56 Å². The van der Waals surface area contributed by atoms with Crippen molar-refractivity contribution in [3.05, 3.63) is 126 Å². The van der Waals surface area contributed by atoms with Crippen LogP contribution in [0.15, 0.2) is 115 Å². The van der Waals surface area contributed by atoms with Crippen LogP contribution in [0.3, 0.4) is 0 Å². The second kappa shape index (κ2) is 14.3. The van der Waals surface area contributed by atoms with Crippen LogP contribution < -0.4 is 18.9 Å². The van der Waals surface area contributed by atoms with Gasteiger partial charge in [-0.1, -0.05) is 31.4 Å². The maximum atomic E-state index is 12.5. The Morgan fingerprint density at radius 2 is 1.18 bits per heavy atom. The number of esters is 4. The van der Waals surface area contributed by atoms with E-state index >= 15 is 0 Å². The van der Waals surface area contributed by atoms with Crippen LogP contribution in [0.2, 0.25) is 0 Å². The molecule has 9 heteroatoms. The lowest BCUT2D eigenvalue weighted by atomic mass is 10.1. The van der Waals surface area contributed by atoms with Gasteiger partial charge in [-0.3, -0.25) is 0 Å². The molecule has 0 unspecified atom stereocenters. The lowest BCUT2D eigenvalue weighted by Gasteiger charge is -2.08. The van der Waals surface area contributed by atoms with Crippen LogP contribution in [-0.4, -0.2) is 30.7 Å². The minimum Gasteiger partial charge on any atom is -0.457 e. The van der Waals surface area contributed by atoms with Crippen molar-refractivity contribution in [2.45, 2.75) is 13.8 Å². The van der Waals surface area contributed by atoms with Crippen LogP contribution >= 0.6 is 0 Å². The molecule has 0 saturated carbocycles. The zero-order valence-electron chi connectivity index (χ0n) is 24.0. The summed E-state index contributed by atoms with van der Waals surface area (Å²) in [5.74, 6) is -0.954. The Morgan fingerprint density at radius 3 is 1.84 bits per heavy atom. The third-order valence-electron chi connectivity index (χ3n) is 5.91. The fraction of sp³-hybridized carbons (Fsp3) is 0.0857. The van der Waals surface area contributed by atoms with Gasteiger partial charge in [-0.15, -0.1) is 0 Å². The molecule has 9 nitrogen and oxygen atoms in total. The zero-order chi connectivity index (χ0) is 31.6. The van der Waals surface area contributed by atoms with E-state index < -0.39 is 23.9 Å². The van der Waals surface area contributed by atoms with E-state index in [1.54, 1.807) is 19.1 Å². The van der Waals surface area contributed by atoms with Crippen molar-refractivity contribution in [1.82, 2.24) is 0 Å². The summed E-state index contributed by atoms with van der Waals surface area (Å²) in [7, 11) is 0. The highest BCUT2D eigenvalue weighted by Gasteiger charge is 2.11. The van der Waals surface area contributed by atoms with E-state index in [0.29, 0.717) is 11.3 Å². The molecular weight excluding hydrogens is 564 g/mol. The second-order valence-corrected chi connectivity index (χ2v) is 9.55. The van der Waals surface area contributed by atoms with E-state index in [9.17, 15) is 19.2 Å². The first-order valence-corrected chi connectivity index (χ1v) is 13.3. The molecule has 0 amide bonds. The van der Waals surface area contributed by atoms with Crippen molar-refractivity contribution in [3.63, 3.8) is 0 Å². The van der Waals surface area contributed by atoms with Crippen LogP contribution in [-0.2, 0) is 19.1 Å². The molecule has 0 bridgehead atoms. The molecule has 0 N–H and O–H groups in total. The molecule has 222 valence electrons. The summed E-state index contributed by atoms with van der Waals surface area (Å²) < 4.78 is 26.2. The Morgan fingerprint density at radius 1 is 0.636 bits per heavy atom. The van der Waals surface area contributed by atoms with Gasteiger partial charge in [-0.25, -0.2) is 19.2 Å². The van der Waals surface area contributed by atoms with Crippen LogP contribution in [0, 0.1) is 0 Å². The van der Waals surface area contributed by atoms with Crippen molar-refractivity contribution >= 4 is 40.7 Å². The van der Waals surface area contributed by atoms with Crippen LogP contribution in [0.25, 0.3) is 16.8 Å². The number of carbonyl (C=O) groups is 4. The summed E-state index contributed by atoms with van der Waals surface area (Å²) in [6.45, 7) is 9.90. The molecule has 4 aromatic rings. The quantitative estimate of drug-likeness (QED) is 0.0821. The number of carbonyl (C=O) groups excluding carboxylic acids is 4. The monoisotopic (exact) mass is 592 g/mol. The molecule has 0 heterocycles. The third kappa shape index (κ3) is 8.77. The highest BCUT2D eigenvalue weighted by atomic mass is 16.7. The van der Waals surface area contributed by atoms with Gasteiger partial charge >= 0.3 is 23.9 Å². The van der Waals surface area contributed by atoms with Gasteiger partial charge in [0.15, 0.2) is 0 Å². The number of fused-ring (bicyclic) bond motifs is 1.